The van der Waals surface area contributed by atoms with Crippen LogP contribution in [0.1, 0.15) is 27.7 Å². The average Bonchev–Trinajstić information content (AvgIpc) is 1.96. The van der Waals surface area contributed by atoms with E-state index >= 15 is 0 Å². The molecule has 0 saturated carbocycles. The fourth-order valence-electron chi connectivity index (χ4n) is 0.580. The van der Waals surface area contributed by atoms with Crippen LogP contribution in [0.5, 0.6) is 0 Å². The van der Waals surface area contributed by atoms with Crippen LogP contribution in [-0.2, 0) is 14.3 Å². The Morgan fingerprint density at radius 1 is 1.23 bits per heavy atom. The van der Waals surface area contributed by atoms with Gasteiger partial charge in [-0.25, -0.2) is 4.79 Å². The molecule has 0 fully saturated rings. The highest BCUT2D eigenvalue weighted by Crippen LogP contribution is 2.04. The Kier molecular flexibility index (Phi) is 4.96. The molecule has 0 aromatic rings. The molecule has 0 unspecified atom stereocenters. The average molecular weight is 188 g/mol. The van der Waals surface area contributed by atoms with E-state index in [9.17, 15) is 4.79 Å². The van der Waals surface area contributed by atoms with Crippen LogP contribution in [0, 0.1) is 0 Å². The van der Waals surface area contributed by atoms with Crippen LogP contribution in [0.25, 0.3) is 0 Å². The van der Waals surface area contributed by atoms with Gasteiger partial charge in [-0.15, -0.1) is 0 Å². The second-order valence-electron chi connectivity index (χ2n) is 3.14. The first-order valence-electron chi connectivity index (χ1n) is 4.19. The Morgan fingerprint density at radius 3 is 2.08 bits per heavy atom. The van der Waals surface area contributed by atoms with Crippen molar-refractivity contribution in [3.05, 3.63) is 12.0 Å². The summed E-state index contributed by atoms with van der Waals surface area (Å²) in [4.78, 5) is 10.6. The fourth-order valence-corrected chi connectivity index (χ4v) is 0.580. The summed E-state index contributed by atoms with van der Waals surface area (Å²) in [6, 6.07) is 0. The van der Waals surface area contributed by atoms with E-state index in [-0.39, 0.29) is 18.0 Å². The molecule has 0 heterocycles. The normalized spacial score (nSPS) is 12.0. The van der Waals surface area contributed by atoms with Crippen LogP contribution in [0.4, 0.5) is 0 Å². The van der Waals surface area contributed by atoms with E-state index in [2.05, 4.69) is 0 Å². The maximum Gasteiger partial charge on any atom is 0.374 e. The molecule has 0 atom stereocenters. The highest BCUT2D eigenvalue weighted by Gasteiger charge is 2.11. The molecule has 0 spiro atoms. The summed E-state index contributed by atoms with van der Waals surface area (Å²) in [6.45, 7) is 7.13. The predicted octanol–water partition coefficient (Wildman–Crippen LogP) is 1.76. The van der Waals surface area contributed by atoms with Crippen molar-refractivity contribution in [2.45, 2.75) is 39.9 Å². The van der Waals surface area contributed by atoms with Crippen LogP contribution in [0.15, 0.2) is 12.0 Å². The minimum absolute atomic E-state index is 0.0508. The molecule has 1 N–H and O–H groups in total. The molecule has 0 aromatic carbocycles. The largest absolute Gasteiger partial charge is 0.494 e. The molecule has 4 nitrogen and oxygen atoms in total. The lowest BCUT2D eigenvalue weighted by Gasteiger charge is -2.11. The molecule has 0 bridgehead atoms. The molecule has 0 aliphatic rings. The smallest absolute Gasteiger partial charge is 0.374 e. The van der Waals surface area contributed by atoms with E-state index < -0.39 is 5.97 Å². The van der Waals surface area contributed by atoms with Crippen molar-refractivity contribution < 1.29 is 19.4 Å². The van der Waals surface area contributed by atoms with Crippen LogP contribution in [-0.4, -0.2) is 23.3 Å². The Bertz CT molecular complexity index is 194. The summed E-state index contributed by atoms with van der Waals surface area (Å²) in [6.07, 6.45) is 0.913. The number of ether oxygens (including phenoxy) is 2. The number of carboxylic acid groups (broad SMARTS) is 1. The van der Waals surface area contributed by atoms with Gasteiger partial charge in [0.1, 0.15) is 6.26 Å². The zero-order valence-corrected chi connectivity index (χ0v) is 8.40. The number of aliphatic carboxylic acids is 1. The van der Waals surface area contributed by atoms with Gasteiger partial charge in [-0.3, -0.25) is 0 Å². The summed E-state index contributed by atoms with van der Waals surface area (Å²) >= 11 is 0. The molecule has 13 heavy (non-hydrogen) atoms. The second-order valence-corrected chi connectivity index (χ2v) is 3.14. The number of carboxylic acids is 1. The zero-order chi connectivity index (χ0) is 10.4. The van der Waals surface area contributed by atoms with Gasteiger partial charge in [-0.1, -0.05) is 0 Å². The van der Waals surface area contributed by atoms with Crippen molar-refractivity contribution in [1.82, 2.24) is 0 Å². The van der Waals surface area contributed by atoms with Gasteiger partial charge >= 0.3 is 5.97 Å². The molecule has 4 heteroatoms. The minimum atomic E-state index is -1.12. The summed E-state index contributed by atoms with van der Waals surface area (Å²) in [5.41, 5.74) is 0. The van der Waals surface area contributed by atoms with E-state index in [1.165, 1.54) is 0 Å². The third kappa shape index (κ3) is 6.02. The Hall–Kier alpha value is -1.19. The zero-order valence-electron chi connectivity index (χ0n) is 8.40. The molecule has 0 radical (unpaired) electrons. The van der Waals surface area contributed by atoms with Gasteiger partial charge in [-0.05, 0) is 27.7 Å². The SMILES string of the molecule is CC(C)OC=C(OC(C)C)C(=O)O. The first-order valence-corrected chi connectivity index (χ1v) is 4.19. The van der Waals surface area contributed by atoms with E-state index in [0.717, 1.165) is 6.26 Å². The molecule has 0 amide bonds. The third-order valence-electron chi connectivity index (χ3n) is 1.02. The standard InChI is InChI=1S/C9H16O4/c1-6(2)12-5-8(9(10)11)13-7(3)4/h5-7H,1-4H3,(H,10,11). The third-order valence-corrected chi connectivity index (χ3v) is 1.02. The number of carbonyl (C=O) groups is 1. The number of rotatable bonds is 5. The maximum atomic E-state index is 10.6. The van der Waals surface area contributed by atoms with Crippen molar-refractivity contribution in [2.24, 2.45) is 0 Å². The maximum absolute atomic E-state index is 10.6. The molecule has 0 aromatic heterocycles. The van der Waals surface area contributed by atoms with Crippen LogP contribution in [0.2, 0.25) is 0 Å². The van der Waals surface area contributed by atoms with Gasteiger partial charge in [0.15, 0.2) is 0 Å². The lowest BCUT2D eigenvalue weighted by Crippen LogP contribution is -2.11. The Labute approximate surface area is 78.2 Å². The number of hydrogen-bond donors (Lipinski definition) is 1. The molecule has 0 saturated heterocycles. The summed E-state index contributed by atoms with van der Waals surface area (Å²) in [7, 11) is 0. The Morgan fingerprint density at radius 2 is 1.77 bits per heavy atom. The van der Waals surface area contributed by atoms with Crippen molar-refractivity contribution in [3.8, 4) is 0 Å². The lowest BCUT2D eigenvalue weighted by atomic mass is 10.4. The van der Waals surface area contributed by atoms with Gasteiger partial charge in [0.25, 0.3) is 0 Å². The van der Waals surface area contributed by atoms with Crippen molar-refractivity contribution in [1.29, 1.82) is 0 Å². The summed E-state index contributed by atoms with van der Waals surface area (Å²) in [5, 5.41) is 8.66. The molecular formula is C9H16O4. The number of hydrogen-bond acceptors (Lipinski definition) is 3. The van der Waals surface area contributed by atoms with Crippen molar-refractivity contribution in [2.75, 3.05) is 0 Å². The summed E-state index contributed by atoms with van der Waals surface area (Å²) < 4.78 is 10.00. The van der Waals surface area contributed by atoms with E-state index in [1.54, 1.807) is 13.8 Å². The fraction of sp³-hybridized carbons (Fsp3) is 0.667. The summed E-state index contributed by atoms with van der Waals surface area (Å²) in [5.74, 6) is -1.28. The van der Waals surface area contributed by atoms with Crippen LogP contribution in [0.3, 0.4) is 0 Å². The van der Waals surface area contributed by atoms with Gasteiger partial charge in [0, 0.05) is 0 Å². The second kappa shape index (κ2) is 5.45. The quantitative estimate of drug-likeness (QED) is 0.527. The van der Waals surface area contributed by atoms with Crippen molar-refractivity contribution >= 4 is 5.97 Å². The Balaban J connectivity index is 4.24. The van der Waals surface area contributed by atoms with Crippen LogP contribution >= 0.6 is 0 Å². The minimum Gasteiger partial charge on any atom is -0.494 e. The topological polar surface area (TPSA) is 55.8 Å². The van der Waals surface area contributed by atoms with E-state index in [1.807, 2.05) is 13.8 Å². The van der Waals surface area contributed by atoms with Gasteiger partial charge in [0.05, 0.1) is 12.2 Å². The predicted molar refractivity (Wildman–Crippen MR) is 48.2 cm³/mol. The molecule has 0 rings (SSSR count). The van der Waals surface area contributed by atoms with Gasteiger partial charge < -0.3 is 14.6 Å². The van der Waals surface area contributed by atoms with Crippen LogP contribution < -0.4 is 0 Å². The van der Waals surface area contributed by atoms with Gasteiger partial charge in [0.2, 0.25) is 5.76 Å². The molecule has 0 aliphatic carbocycles. The first-order chi connectivity index (χ1) is 5.93. The van der Waals surface area contributed by atoms with Crippen molar-refractivity contribution in [3.63, 3.8) is 0 Å². The first kappa shape index (κ1) is 11.8. The molecular weight excluding hydrogens is 172 g/mol. The highest BCUT2D eigenvalue weighted by atomic mass is 16.5. The molecule has 76 valence electrons. The highest BCUT2D eigenvalue weighted by molar-refractivity contribution is 5.83. The van der Waals surface area contributed by atoms with Gasteiger partial charge in [-0.2, -0.15) is 0 Å². The monoisotopic (exact) mass is 188 g/mol. The van der Waals surface area contributed by atoms with E-state index in [4.69, 9.17) is 14.6 Å². The lowest BCUT2D eigenvalue weighted by molar-refractivity contribution is -0.137. The van der Waals surface area contributed by atoms with E-state index in [0.29, 0.717) is 0 Å². The molecule has 0 aliphatic heterocycles.